The van der Waals surface area contributed by atoms with Gasteiger partial charge in [0.2, 0.25) is 0 Å². The normalized spacial score (nSPS) is 11.4. The number of anilines is 1. The van der Waals surface area contributed by atoms with Crippen LogP contribution in [0.1, 0.15) is 11.1 Å². The highest BCUT2D eigenvalue weighted by molar-refractivity contribution is 9.10. The number of nitrogens with one attached hydrogen (secondary N) is 1. The monoisotopic (exact) mass is 374 g/mol. The fourth-order valence-corrected chi connectivity index (χ4v) is 3.37. The second-order valence-corrected chi connectivity index (χ2v) is 6.85. The second kappa shape index (κ2) is 6.08. The number of aromatic nitrogens is 1. The van der Waals surface area contributed by atoms with Gasteiger partial charge in [-0.1, -0.05) is 0 Å². The summed E-state index contributed by atoms with van der Waals surface area (Å²) in [4.78, 5) is 3.77. The Labute approximate surface area is 130 Å². The van der Waals surface area contributed by atoms with E-state index in [1.165, 1.54) is 19.2 Å². The molecule has 0 atom stereocenters. The maximum atomic E-state index is 13.7. The number of nitrogens with zero attached hydrogens (tertiary/aromatic N) is 1. The summed E-state index contributed by atoms with van der Waals surface area (Å²) in [7, 11) is -3.93. The molecule has 1 aromatic carbocycles. The molecule has 0 spiro atoms. The van der Waals surface area contributed by atoms with Gasteiger partial charge in [0.1, 0.15) is 5.82 Å². The van der Waals surface area contributed by atoms with Gasteiger partial charge < -0.3 is 5.11 Å². The van der Waals surface area contributed by atoms with Crippen LogP contribution in [0.4, 0.5) is 10.2 Å². The minimum atomic E-state index is -3.93. The van der Waals surface area contributed by atoms with Crippen molar-refractivity contribution in [1.29, 1.82) is 0 Å². The van der Waals surface area contributed by atoms with E-state index in [1.54, 1.807) is 12.1 Å². The molecule has 21 heavy (non-hydrogen) atoms. The minimum absolute atomic E-state index is 0.0736. The molecule has 1 heterocycles. The highest BCUT2D eigenvalue weighted by atomic mass is 79.9. The first-order valence-corrected chi connectivity index (χ1v) is 8.16. The molecule has 2 N–H and O–H groups in total. The van der Waals surface area contributed by atoms with Crippen LogP contribution in [0.3, 0.4) is 0 Å². The summed E-state index contributed by atoms with van der Waals surface area (Å²) in [5, 5.41) is 9.09. The van der Waals surface area contributed by atoms with Gasteiger partial charge in [-0.2, -0.15) is 0 Å². The second-order valence-electron chi connectivity index (χ2n) is 4.31. The van der Waals surface area contributed by atoms with Crippen molar-refractivity contribution in [2.75, 3.05) is 4.72 Å². The fraction of sp³-hybridized carbons (Fsp3) is 0.154. The first-order chi connectivity index (χ1) is 9.85. The van der Waals surface area contributed by atoms with Gasteiger partial charge in [-0.3, -0.25) is 4.72 Å². The summed E-state index contributed by atoms with van der Waals surface area (Å²) in [5.41, 5.74) is 0.0671. The molecule has 2 rings (SSSR count). The molecule has 0 aliphatic rings. The molecule has 0 aliphatic heterocycles. The maximum Gasteiger partial charge on any atom is 0.263 e. The number of sulfonamides is 1. The Hall–Kier alpha value is -1.51. The van der Waals surface area contributed by atoms with Crippen molar-refractivity contribution in [2.24, 2.45) is 0 Å². The minimum Gasteiger partial charge on any atom is -0.392 e. The number of hydrogen-bond donors (Lipinski definition) is 2. The standard InChI is InChI=1S/C13H12BrFN2O3S/c1-8-5-10(6-9(7-18)12(8)15)21(19,20)17-13-11(14)3-2-4-16-13/h2-6,18H,7H2,1H3,(H,16,17). The summed E-state index contributed by atoms with van der Waals surface area (Å²) in [5.74, 6) is -0.486. The zero-order valence-corrected chi connectivity index (χ0v) is 13.4. The van der Waals surface area contributed by atoms with Gasteiger partial charge >= 0.3 is 0 Å². The van der Waals surface area contributed by atoms with Crippen LogP contribution < -0.4 is 4.72 Å². The number of halogens is 2. The third-order valence-corrected chi connectivity index (χ3v) is 4.73. The van der Waals surface area contributed by atoms with Crippen LogP contribution in [0, 0.1) is 12.7 Å². The summed E-state index contributed by atoms with van der Waals surface area (Å²) in [6.45, 7) is 0.855. The zero-order valence-electron chi connectivity index (χ0n) is 11.0. The Morgan fingerprint density at radius 3 is 2.76 bits per heavy atom. The van der Waals surface area contributed by atoms with Crippen molar-refractivity contribution in [2.45, 2.75) is 18.4 Å². The van der Waals surface area contributed by atoms with Crippen LogP contribution in [-0.2, 0) is 16.6 Å². The van der Waals surface area contributed by atoms with Crippen LogP contribution in [0.2, 0.25) is 0 Å². The smallest absolute Gasteiger partial charge is 0.263 e. The van der Waals surface area contributed by atoms with E-state index in [0.29, 0.717) is 4.47 Å². The highest BCUT2D eigenvalue weighted by Gasteiger charge is 2.19. The molecule has 0 saturated heterocycles. The Kier molecular flexibility index (Phi) is 4.60. The summed E-state index contributed by atoms with van der Waals surface area (Å²) in [6, 6.07) is 5.59. The average molecular weight is 375 g/mol. The Bertz CT molecular complexity index is 781. The number of aryl methyl sites for hydroxylation is 1. The zero-order chi connectivity index (χ0) is 15.6. The van der Waals surface area contributed by atoms with Gasteiger partial charge in [-0.15, -0.1) is 0 Å². The molecule has 0 saturated carbocycles. The molecule has 2 aromatic rings. The van der Waals surface area contributed by atoms with Gasteiger partial charge in [-0.25, -0.2) is 17.8 Å². The molecule has 0 bridgehead atoms. The molecule has 0 radical (unpaired) electrons. The largest absolute Gasteiger partial charge is 0.392 e. The van der Waals surface area contributed by atoms with E-state index < -0.39 is 22.4 Å². The molecule has 1 aromatic heterocycles. The lowest BCUT2D eigenvalue weighted by Crippen LogP contribution is -2.15. The number of aliphatic hydroxyl groups is 1. The summed E-state index contributed by atoms with van der Waals surface area (Å²) in [6.07, 6.45) is 1.44. The molecule has 112 valence electrons. The molecule has 5 nitrogen and oxygen atoms in total. The predicted molar refractivity (Wildman–Crippen MR) is 79.8 cm³/mol. The number of benzene rings is 1. The molecule has 0 aliphatic carbocycles. The molecule has 8 heteroatoms. The number of aliphatic hydroxyl groups excluding tert-OH is 1. The van der Waals surface area contributed by atoms with Crippen LogP contribution in [-0.4, -0.2) is 18.5 Å². The van der Waals surface area contributed by atoms with Crippen LogP contribution in [0.15, 0.2) is 39.8 Å². The van der Waals surface area contributed by atoms with E-state index in [1.807, 2.05) is 0 Å². The fourth-order valence-electron chi connectivity index (χ4n) is 1.72. The number of rotatable bonds is 4. The van der Waals surface area contributed by atoms with E-state index in [2.05, 4.69) is 25.6 Å². The van der Waals surface area contributed by atoms with Gasteiger partial charge in [0.25, 0.3) is 10.0 Å². The van der Waals surface area contributed by atoms with Crippen molar-refractivity contribution < 1.29 is 17.9 Å². The lowest BCUT2D eigenvalue weighted by atomic mass is 10.1. The van der Waals surface area contributed by atoms with E-state index in [4.69, 9.17) is 5.11 Å². The Balaban J connectivity index is 2.45. The summed E-state index contributed by atoms with van der Waals surface area (Å²) >= 11 is 3.19. The van der Waals surface area contributed by atoms with Crippen LogP contribution in [0.5, 0.6) is 0 Å². The maximum absolute atomic E-state index is 13.7. The van der Waals surface area contributed by atoms with Crippen LogP contribution in [0.25, 0.3) is 0 Å². The van der Waals surface area contributed by atoms with Gasteiger partial charge in [0.05, 0.1) is 16.0 Å². The highest BCUT2D eigenvalue weighted by Crippen LogP contribution is 2.24. The number of hydrogen-bond acceptors (Lipinski definition) is 4. The molecule has 0 fully saturated rings. The quantitative estimate of drug-likeness (QED) is 0.861. The third kappa shape index (κ3) is 3.39. The first-order valence-electron chi connectivity index (χ1n) is 5.88. The molecule has 0 amide bonds. The molecule has 0 unspecified atom stereocenters. The van der Waals surface area contributed by atoms with Crippen molar-refractivity contribution >= 4 is 31.8 Å². The predicted octanol–water partition coefficient (Wildman–Crippen LogP) is 2.58. The lowest BCUT2D eigenvalue weighted by Gasteiger charge is -2.11. The topological polar surface area (TPSA) is 79.3 Å². The van der Waals surface area contributed by atoms with Gasteiger partial charge in [-0.05, 0) is 52.7 Å². The average Bonchev–Trinajstić information content (AvgIpc) is 2.44. The first kappa shape index (κ1) is 15.9. The van der Waals surface area contributed by atoms with Crippen molar-refractivity contribution in [1.82, 2.24) is 4.98 Å². The van der Waals surface area contributed by atoms with E-state index in [-0.39, 0.29) is 21.8 Å². The molecular weight excluding hydrogens is 363 g/mol. The third-order valence-electron chi connectivity index (χ3n) is 2.77. The number of pyridine rings is 1. The lowest BCUT2D eigenvalue weighted by molar-refractivity contribution is 0.275. The summed E-state index contributed by atoms with van der Waals surface area (Å²) < 4.78 is 41.1. The van der Waals surface area contributed by atoms with Crippen molar-refractivity contribution in [3.8, 4) is 0 Å². The van der Waals surface area contributed by atoms with Crippen molar-refractivity contribution in [3.63, 3.8) is 0 Å². The molecular formula is C13H12BrFN2O3S. The van der Waals surface area contributed by atoms with E-state index in [9.17, 15) is 12.8 Å². The van der Waals surface area contributed by atoms with Crippen molar-refractivity contribution in [3.05, 3.63) is 51.9 Å². The van der Waals surface area contributed by atoms with Gasteiger partial charge in [0.15, 0.2) is 5.82 Å². The Morgan fingerprint density at radius 2 is 2.14 bits per heavy atom. The van der Waals surface area contributed by atoms with Gasteiger partial charge in [0, 0.05) is 11.8 Å². The van der Waals surface area contributed by atoms with Crippen LogP contribution >= 0.6 is 15.9 Å². The SMILES string of the molecule is Cc1cc(S(=O)(=O)Nc2ncccc2Br)cc(CO)c1F. The van der Waals surface area contributed by atoms with E-state index in [0.717, 1.165) is 6.07 Å². The van der Waals surface area contributed by atoms with E-state index >= 15 is 0 Å². The Morgan fingerprint density at radius 1 is 1.43 bits per heavy atom.